The van der Waals surface area contributed by atoms with Crippen LogP contribution < -0.4 is 0 Å². The van der Waals surface area contributed by atoms with Crippen molar-refractivity contribution in [1.82, 2.24) is 14.5 Å². The Morgan fingerprint density at radius 1 is 1.32 bits per heavy atom. The third kappa shape index (κ3) is 2.89. The standard InChI is InChI=1S/C14H12F3N3O4S/c15-14(16,17)12-10(7-18-19-12)25(23,24)20-6-5-8-3-1-2-4-9(8)11(20)13(21)22/h1-4,7,11H,5-6H2,(H,18,19)(H,21,22). The molecule has 1 aliphatic rings. The molecule has 11 heteroatoms. The van der Waals surface area contributed by atoms with Crippen LogP contribution in [0.1, 0.15) is 22.9 Å². The van der Waals surface area contributed by atoms with E-state index < -0.39 is 38.8 Å². The first-order valence-corrected chi connectivity index (χ1v) is 8.51. The molecule has 2 N–H and O–H groups in total. The first kappa shape index (κ1) is 17.4. The van der Waals surface area contributed by atoms with Crippen LogP contribution in [-0.2, 0) is 27.4 Å². The molecule has 3 rings (SSSR count). The molecule has 0 saturated carbocycles. The Bertz CT molecular complexity index is 923. The molecular weight excluding hydrogens is 363 g/mol. The molecule has 0 bridgehead atoms. The van der Waals surface area contributed by atoms with Crippen molar-refractivity contribution in [3.8, 4) is 0 Å². The van der Waals surface area contributed by atoms with Gasteiger partial charge in [-0.25, -0.2) is 8.42 Å². The Morgan fingerprint density at radius 3 is 2.64 bits per heavy atom. The summed E-state index contributed by atoms with van der Waals surface area (Å²) in [6.07, 6.45) is -4.23. The van der Waals surface area contributed by atoms with Gasteiger partial charge >= 0.3 is 12.1 Å². The Hall–Kier alpha value is -2.40. The summed E-state index contributed by atoms with van der Waals surface area (Å²) in [5.74, 6) is -1.47. The Labute approximate surface area is 140 Å². The van der Waals surface area contributed by atoms with E-state index >= 15 is 0 Å². The number of halogens is 3. The number of H-pyrrole nitrogens is 1. The van der Waals surface area contributed by atoms with E-state index in [0.717, 1.165) is 0 Å². The Morgan fingerprint density at radius 2 is 2.00 bits per heavy atom. The first-order chi connectivity index (χ1) is 11.6. The maximum absolute atomic E-state index is 13.0. The van der Waals surface area contributed by atoms with Gasteiger partial charge in [-0.3, -0.25) is 9.89 Å². The third-order valence-corrected chi connectivity index (χ3v) is 5.82. The fourth-order valence-electron chi connectivity index (χ4n) is 2.86. The van der Waals surface area contributed by atoms with Gasteiger partial charge in [0.1, 0.15) is 10.9 Å². The number of nitrogens with one attached hydrogen (secondary N) is 1. The van der Waals surface area contributed by atoms with E-state index in [2.05, 4.69) is 5.10 Å². The van der Waals surface area contributed by atoms with Crippen LogP contribution in [0.15, 0.2) is 35.4 Å². The summed E-state index contributed by atoms with van der Waals surface area (Å²) in [5, 5.41) is 14.3. The van der Waals surface area contributed by atoms with E-state index in [4.69, 9.17) is 0 Å². The van der Waals surface area contributed by atoms with Gasteiger partial charge in [0.05, 0.1) is 6.20 Å². The van der Waals surface area contributed by atoms with Gasteiger partial charge in [-0.2, -0.15) is 22.6 Å². The van der Waals surface area contributed by atoms with Crippen LogP contribution in [0.2, 0.25) is 0 Å². The number of carbonyl (C=O) groups is 1. The van der Waals surface area contributed by atoms with E-state index in [1.807, 2.05) is 0 Å². The Balaban J connectivity index is 2.12. The SMILES string of the molecule is O=C(O)C1c2ccccc2CCN1S(=O)(=O)c1cn[nH]c1C(F)(F)F. The second kappa shape index (κ2) is 5.85. The zero-order valence-electron chi connectivity index (χ0n) is 12.5. The molecule has 1 atom stereocenters. The van der Waals surface area contributed by atoms with Crippen molar-refractivity contribution < 1.29 is 31.5 Å². The number of benzene rings is 1. The highest BCUT2D eigenvalue weighted by Gasteiger charge is 2.46. The molecule has 0 amide bonds. The lowest BCUT2D eigenvalue weighted by Crippen LogP contribution is -2.43. The summed E-state index contributed by atoms with van der Waals surface area (Å²) in [5.41, 5.74) is -0.651. The molecule has 0 fully saturated rings. The van der Waals surface area contributed by atoms with Crippen LogP contribution in [-0.4, -0.2) is 40.5 Å². The van der Waals surface area contributed by atoms with Crippen LogP contribution in [0, 0.1) is 0 Å². The monoisotopic (exact) mass is 375 g/mol. The number of alkyl halides is 3. The number of rotatable bonds is 3. The fraction of sp³-hybridized carbons (Fsp3) is 0.286. The Kier molecular flexibility index (Phi) is 4.07. The van der Waals surface area contributed by atoms with Crippen molar-refractivity contribution in [2.45, 2.75) is 23.5 Å². The predicted octanol–water partition coefficient (Wildman–Crippen LogP) is 1.80. The highest BCUT2D eigenvalue weighted by Crippen LogP contribution is 2.38. The molecule has 1 unspecified atom stereocenters. The molecule has 0 saturated heterocycles. The van der Waals surface area contributed by atoms with Crippen molar-refractivity contribution in [2.75, 3.05) is 6.54 Å². The highest BCUT2D eigenvalue weighted by molar-refractivity contribution is 7.89. The molecule has 1 aromatic heterocycles. The van der Waals surface area contributed by atoms with Crippen molar-refractivity contribution >= 4 is 16.0 Å². The lowest BCUT2D eigenvalue weighted by atomic mass is 9.94. The fourth-order valence-corrected chi connectivity index (χ4v) is 4.53. The first-order valence-electron chi connectivity index (χ1n) is 7.07. The number of aromatic amines is 1. The number of fused-ring (bicyclic) bond motifs is 1. The van der Waals surface area contributed by atoms with Crippen molar-refractivity contribution in [1.29, 1.82) is 0 Å². The van der Waals surface area contributed by atoms with E-state index in [9.17, 15) is 31.5 Å². The number of sulfonamides is 1. The number of nitrogens with zero attached hydrogens (tertiary/aromatic N) is 2. The van der Waals surface area contributed by atoms with Gasteiger partial charge in [0, 0.05) is 6.54 Å². The van der Waals surface area contributed by atoms with Crippen LogP contribution >= 0.6 is 0 Å². The second-order valence-corrected chi connectivity index (χ2v) is 7.27. The molecule has 25 heavy (non-hydrogen) atoms. The van der Waals surface area contributed by atoms with Gasteiger partial charge in [-0.15, -0.1) is 0 Å². The molecule has 0 spiro atoms. The van der Waals surface area contributed by atoms with Crippen LogP contribution in [0.5, 0.6) is 0 Å². The normalized spacial score (nSPS) is 18.8. The van der Waals surface area contributed by atoms with E-state index in [1.54, 1.807) is 23.3 Å². The molecule has 2 aromatic rings. The van der Waals surface area contributed by atoms with Crippen molar-refractivity contribution in [2.24, 2.45) is 0 Å². The zero-order chi connectivity index (χ0) is 18.4. The molecule has 1 aromatic carbocycles. The molecule has 0 aliphatic carbocycles. The molecule has 2 heterocycles. The maximum atomic E-state index is 13.0. The molecule has 7 nitrogen and oxygen atoms in total. The topological polar surface area (TPSA) is 103 Å². The van der Waals surface area contributed by atoms with E-state index in [-0.39, 0.29) is 18.5 Å². The largest absolute Gasteiger partial charge is 0.480 e. The number of hydrogen-bond donors (Lipinski definition) is 2. The summed E-state index contributed by atoms with van der Waals surface area (Å²) < 4.78 is 65.1. The second-order valence-electron chi connectivity index (χ2n) is 5.41. The number of carboxylic acid groups (broad SMARTS) is 1. The van der Waals surface area contributed by atoms with Crippen LogP contribution in [0.4, 0.5) is 13.2 Å². The van der Waals surface area contributed by atoms with Gasteiger partial charge in [0.2, 0.25) is 10.0 Å². The number of aromatic nitrogens is 2. The lowest BCUT2D eigenvalue weighted by molar-refractivity contribution is -0.143. The maximum Gasteiger partial charge on any atom is 0.434 e. The van der Waals surface area contributed by atoms with Gasteiger partial charge in [-0.05, 0) is 17.5 Å². The van der Waals surface area contributed by atoms with Crippen LogP contribution in [0.3, 0.4) is 0 Å². The third-order valence-electron chi connectivity index (χ3n) is 3.95. The van der Waals surface area contributed by atoms with Crippen LogP contribution in [0.25, 0.3) is 0 Å². The molecule has 134 valence electrons. The number of aliphatic carboxylic acids is 1. The summed E-state index contributed by atoms with van der Waals surface area (Å²) in [6.45, 7) is -0.251. The van der Waals surface area contributed by atoms with Gasteiger partial charge in [-0.1, -0.05) is 24.3 Å². The van der Waals surface area contributed by atoms with E-state index in [0.29, 0.717) is 16.1 Å². The summed E-state index contributed by atoms with van der Waals surface area (Å²) in [6, 6.07) is 4.74. The average Bonchev–Trinajstić information content (AvgIpc) is 3.04. The molecule has 1 aliphatic heterocycles. The lowest BCUT2D eigenvalue weighted by Gasteiger charge is -2.33. The minimum atomic E-state index is -4.97. The smallest absolute Gasteiger partial charge is 0.434 e. The number of carboxylic acids is 1. The van der Waals surface area contributed by atoms with Gasteiger partial charge < -0.3 is 5.11 Å². The van der Waals surface area contributed by atoms with Crippen molar-refractivity contribution in [3.05, 3.63) is 47.3 Å². The van der Waals surface area contributed by atoms with Gasteiger partial charge in [0.15, 0.2) is 5.69 Å². The summed E-state index contributed by atoms with van der Waals surface area (Å²) >= 11 is 0. The molecular formula is C14H12F3N3O4S. The predicted molar refractivity (Wildman–Crippen MR) is 78.0 cm³/mol. The molecule has 0 radical (unpaired) electrons. The minimum Gasteiger partial charge on any atom is -0.480 e. The summed E-state index contributed by atoms with van der Waals surface area (Å²) in [7, 11) is -4.73. The number of hydrogen-bond acceptors (Lipinski definition) is 4. The summed E-state index contributed by atoms with van der Waals surface area (Å²) in [4.78, 5) is 10.6. The van der Waals surface area contributed by atoms with Crippen molar-refractivity contribution in [3.63, 3.8) is 0 Å². The minimum absolute atomic E-state index is 0.193. The quantitative estimate of drug-likeness (QED) is 0.852. The highest BCUT2D eigenvalue weighted by atomic mass is 32.2. The van der Waals surface area contributed by atoms with E-state index in [1.165, 1.54) is 6.07 Å². The zero-order valence-corrected chi connectivity index (χ0v) is 13.3. The average molecular weight is 375 g/mol. The van der Waals surface area contributed by atoms with Gasteiger partial charge in [0.25, 0.3) is 0 Å².